The topological polar surface area (TPSA) is 96.3 Å². The van der Waals surface area contributed by atoms with Gasteiger partial charge in [-0.15, -0.1) is 36.2 Å². The minimum atomic E-state index is -0.254. The standard InChI is InChI=1S/C31H30ClN7O2S.2ClH/c1-20-26(42-19-36-20)10-11-33-30(40)24-17-35-27(18-34-24)38-12-14-39(15-13-38)31(41)28-23-16-22(32)8-9-25(23)37(2)29(28)21-6-4-3-5-7-21;;/h3-9,16-19H,10-15H2,1-2H3,(H,33,40);2*1H. The van der Waals surface area contributed by atoms with Crippen molar-refractivity contribution in [1.82, 2.24) is 29.7 Å². The van der Waals surface area contributed by atoms with Gasteiger partial charge in [-0.1, -0.05) is 41.9 Å². The maximum atomic E-state index is 14.1. The number of halogens is 3. The third kappa shape index (κ3) is 6.68. The maximum Gasteiger partial charge on any atom is 0.271 e. The van der Waals surface area contributed by atoms with Crippen LogP contribution in [0, 0.1) is 6.92 Å². The van der Waals surface area contributed by atoms with Crippen LogP contribution in [-0.2, 0) is 13.5 Å². The number of anilines is 1. The van der Waals surface area contributed by atoms with E-state index in [4.69, 9.17) is 11.6 Å². The SMILES string of the molecule is Cc1ncsc1CCNC(=O)c1cnc(N2CCN(C(=O)c3c(-c4ccccc4)n(C)c4ccc(Cl)cc34)CC2)cn1.Cl.Cl. The molecule has 1 saturated heterocycles. The van der Waals surface area contributed by atoms with Gasteiger partial charge in [0.05, 0.1) is 34.9 Å². The molecule has 1 aliphatic heterocycles. The van der Waals surface area contributed by atoms with Crippen LogP contribution in [0.3, 0.4) is 0 Å². The van der Waals surface area contributed by atoms with Crippen molar-refractivity contribution in [3.8, 4) is 11.3 Å². The summed E-state index contributed by atoms with van der Waals surface area (Å²) in [5, 5.41) is 4.34. The summed E-state index contributed by atoms with van der Waals surface area (Å²) in [4.78, 5) is 44.8. The lowest BCUT2D eigenvalue weighted by Crippen LogP contribution is -2.49. The van der Waals surface area contributed by atoms with Gasteiger partial charge in [-0.05, 0) is 30.7 Å². The number of nitrogens with zero attached hydrogens (tertiary/aromatic N) is 6. The number of piperazine rings is 1. The van der Waals surface area contributed by atoms with Crippen LogP contribution in [0.4, 0.5) is 5.82 Å². The molecule has 0 atom stereocenters. The van der Waals surface area contributed by atoms with Gasteiger partial charge in [-0.25, -0.2) is 15.0 Å². The quantitative estimate of drug-likeness (QED) is 0.234. The van der Waals surface area contributed by atoms with E-state index >= 15 is 0 Å². The van der Waals surface area contributed by atoms with Crippen molar-refractivity contribution in [2.75, 3.05) is 37.6 Å². The molecule has 1 fully saturated rings. The molecule has 0 spiro atoms. The summed E-state index contributed by atoms with van der Waals surface area (Å²) in [6, 6.07) is 15.7. The molecule has 3 aromatic heterocycles. The zero-order valence-corrected chi connectivity index (χ0v) is 27.4. The molecular weight excluding hydrogens is 641 g/mol. The highest BCUT2D eigenvalue weighted by Gasteiger charge is 2.29. The highest BCUT2D eigenvalue weighted by Crippen LogP contribution is 2.35. The molecule has 9 nitrogen and oxygen atoms in total. The Morgan fingerprint density at radius 2 is 1.73 bits per heavy atom. The minimum absolute atomic E-state index is 0. The van der Waals surface area contributed by atoms with Crippen molar-refractivity contribution < 1.29 is 9.59 Å². The van der Waals surface area contributed by atoms with Gasteiger partial charge in [-0.2, -0.15) is 0 Å². The number of amides is 2. The number of hydrogen-bond donors (Lipinski definition) is 1. The summed E-state index contributed by atoms with van der Waals surface area (Å²) in [7, 11) is 1.98. The Balaban J connectivity index is 0.00000221. The van der Waals surface area contributed by atoms with E-state index in [-0.39, 0.29) is 42.3 Å². The van der Waals surface area contributed by atoms with E-state index in [9.17, 15) is 9.59 Å². The van der Waals surface area contributed by atoms with Crippen LogP contribution in [-0.4, -0.2) is 69.0 Å². The average Bonchev–Trinajstić information content (AvgIpc) is 3.56. The smallest absolute Gasteiger partial charge is 0.271 e. The lowest BCUT2D eigenvalue weighted by Gasteiger charge is -2.35. The molecule has 4 heterocycles. The van der Waals surface area contributed by atoms with Crippen LogP contribution in [0.5, 0.6) is 0 Å². The number of rotatable bonds is 7. The molecule has 2 amide bonds. The van der Waals surface area contributed by atoms with Crippen molar-refractivity contribution in [2.45, 2.75) is 13.3 Å². The van der Waals surface area contributed by atoms with Crippen molar-refractivity contribution in [3.05, 3.63) is 93.3 Å². The first-order valence-corrected chi connectivity index (χ1v) is 15.0. The van der Waals surface area contributed by atoms with Crippen LogP contribution in [0.2, 0.25) is 5.02 Å². The largest absolute Gasteiger partial charge is 0.352 e. The van der Waals surface area contributed by atoms with Crippen LogP contribution in [0.25, 0.3) is 22.2 Å². The third-order valence-corrected chi connectivity index (χ3v) is 8.90. The molecule has 1 N–H and O–H groups in total. The van der Waals surface area contributed by atoms with Gasteiger partial charge < -0.3 is 19.7 Å². The molecule has 0 unspecified atom stereocenters. The first-order valence-electron chi connectivity index (χ1n) is 13.8. The lowest BCUT2D eigenvalue weighted by atomic mass is 10.0. The normalized spacial score (nSPS) is 12.9. The van der Waals surface area contributed by atoms with E-state index in [1.54, 1.807) is 17.5 Å². The number of thiazole rings is 1. The van der Waals surface area contributed by atoms with Crippen LogP contribution >= 0.6 is 47.8 Å². The highest BCUT2D eigenvalue weighted by atomic mass is 35.5. The number of benzene rings is 2. The minimum Gasteiger partial charge on any atom is -0.352 e. The first-order chi connectivity index (χ1) is 20.4. The zero-order valence-electron chi connectivity index (χ0n) is 24.2. The maximum absolute atomic E-state index is 14.1. The molecule has 0 saturated carbocycles. The Morgan fingerprint density at radius 1 is 0.977 bits per heavy atom. The number of carbonyl (C=O) groups excluding carboxylic acids is 2. The van der Waals surface area contributed by atoms with E-state index < -0.39 is 0 Å². The molecule has 230 valence electrons. The van der Waals surface area contributed by atoms with Gasteiger partial charge in [0.25, 0.3) is 11.8 Å². The number of aromatic nitrogens is 4. The van der Waals surface area contributed by atoms with Gasteiger partial charge in [0.15, 0.2) is 0 Å². The fraction of sp³-hybridized carbons (Fsp3) is 0.258. The molecular formula is C31H32Cl3N7O2S. The molecule has 0 aliphatic carbocycles. The Hall–Kier alpha value is -3.70. The van der Waals surface area contributed by atoms with Gasteiger partial charge in [0.2, 0.25) is 0 Å². The predicted octanol–water partition coefficient (Wildman–Crippen LogP) is 5.83. The first kappa shape index (κ1) is 33.2. The zero-order chi connectivity index (χ0) is 29.2. The molecule has 44 heavy (non-hydrogen) atoms. The number of fused-ring (bicyclic) bond motifs is 1. The summed E-state index contributed by atoms with van der Waals surface area (Å²) < 4.78 is 2.07. The summed E-state index contributed by atoms with van der Waals surface area (Å²) >= 11 is 7.97. The van der Waals surface area contributed by atoms with Gasteiger partial charge in [0.1, 0.15) is 11.5 Å². The van der Waals surface area contributed by atoms with Gasteiger partial charge in [-0.3, -0.25) is 9.59 Å². The number of hydrogen-bond acceptors (Lipinski definition) is 7. The molecule has 1 aliphatic rings. The average molecular weight is 673 g/mol. The Kier molecular flexibility index (Phi) is 10.9. The fourth-order valence-electron chi connectivity index (χ4n) is 5.41. The summed E-state index contributed by atoms with van der Waals surface area (Å²) in [6.07, 6.45) is 3.86. The van der Waals surface area contributed by atoms with Crippen molar-refractivity contribution in [2.24, 2.45) is 7.05 Å². The summed E-state index contributed by atoms with van der Waals surface area (Å²) in [6.45, 7) is 4.75. The van der Waals surface area contributed by atoms with Gasteiger partial charge >= 0.3 is 0 Å². The Bertz CT molecular complexity index is 1750. The van der Waals surface area contributed by atoms with Crippen LogP contribution in [0.15, 0.2) is 66.4 Å². The number of carbonyl (C=O) groups is 2. The number of nitrogens with one attached hydrogen (secondary N) is 1. The van der Waals surface area contributed by atoms with Crippen molar-refractivity contribution >= 4 is 76.3 Å². The fourth-order valence-corrected chi connectivity index (χ4v) is 6.37. The molecule has 0 bridgehead atoms. The van der Waals surface area contributed by atoms with E-state index in [0.29, 0.717) is 49.1 Å². The Labute approximate surface area is 277 Å². The third-order valence-electron chi connectivity index (χ3n) is 7.67. The van der Waals surface area contributed by atoms with E-state index in [1.807, 2.05) is 72.9 Å². The van der Waals surface area contributed by atoms with Crippen molar-refractivity contribution in [1.29, 1.82) is 0 Å². The molecule has 2 aromatic carbocycles. The second-order valence-corrected chi connectivity index (χ2v) is 11.6. The molecule has 0 radical (unpaired) electrons. The van der Waals surface area contributed by atoms with E-state index in [0.717, 1.165) is 39.2 Å². The summed E-state index contributed by atoms with van der Waals surface area (Å²) in [5.74, 6) is 0.407. The number of aryl methyl sites for hydroxylation is 2. The van der Waals surface area contributed by atoms with Crippen molar-refractivity contribution in [3.63, 3.8) is 0 Å². The second kappa shape index (κ2) is 14.4. The molecule has 6 rings (SSSR count). The van der Waals surface area contributed by atoms with E-state index in [2.05, 4.69) is 29.7 Å². The lowest BCUT2D eigenvalue weighted by molar-refractivity contribution is 0.0748. The summed E-state index contributed by atoms with van der Waals surface area (Å²) in [5.41, 5.74) is 6.56. The predicted molar refractivity (Wildman–Crippen MR) is 181 cm³/mol. The van der Waals surface area contributed by atoms with Gasteiger partial charge in [0, 0.05) is 67.0 Å². The molecule has 13 heteroatoms. The van der Waals surface area contributed by atoms with Crippen LogP contribution in [0.1, 0.15) is 31.4 Å². The van der Waals surface area contributed by atoms with Crippen LogP contribution < -0.4 is 10.2 Å². The Morgan fingerprint density at radius 3 is 2.39 bits per heavy atom. The molecule has 5 aromatic rings. The highest BCUT2D eigenvalue weighted by molar-refractivity contribution is 7.09. The van der Waals surface area contributed by atoms with E-state index in [1.165, 1.54) is 6.20 Å². The monoisotopic (exact) mass is 671 g/mol. The second-order valence-electron chi connectivity index (χ2n) is 10.2.